The van der Waals surface area contributed by atoms with Crippen LogP contribution in [0.4, 0.5) is 0 Å². The summed E-state index contributed by atoms with van der Waals surface area (Å²) in [4.78, 5) is 0.358. The SMILES string of the molecule is CC1CCN(S(=O)(=O)c2cccc(CN)c2)C(C)C1. The lowest BCUT2D eigenvalue weighted by molar-refractivity contribution is 0.220. The maximum atomic E-state index is 12.7. The fourth-order valence-electron chi connectivity index (χ4n) is 2.71. The topological polar surface area (TPSA) is 63.4 Å². The Bertz CT molecular complexity index is 542. The molecule has 1 aliphatic heterocycles. The zero-order chi connectivity index (χ0) is 14.0. The molecule has 2 unspecified atom stereocenters. The van der Waals surface area contributed by atoms with Crippen molar-refractivity contribution in [2.75, 3.05) is 6.54 Å². The van der Waals surface area contributed by atoms with Crippen LogP contribution in [0.5, 0.6) is 0 Å². The summed E-state index contributed by atoms with van der Waals surface area (Å²) < 4.78 is 26.9. The highest BCUT2D eigenvalue weighted by Crippen LogP contribution is 2.28. The Kier molecular flexibility index (Phi) is 4.28. The van der Waals surface area contributed by atoms with E-state index < -0.39 is 10.0 Å². The van der Waals surface area contributed by atoms with Crippen LogP contribution in [0.1, 0.15) is 32.3 Å². The summed E-state index contributed by atoms with van der Waals surface area (Å²) in [5.41, 5.74) is 6.42. The molecule has 1 fully saturated rings. The highest BCUT2D eigenvalue weighted by Gasteiger charge is 2.33. The quantitative estimate of drug-likeness (QED) is 0.921. The van der Waals surface area contributed by atoms with Crippen LogP contribution in [-0.2, 0) is 16.6 Å². The molecule has 2 rings (SSSR count). The van der Waals surface area contributed by atoms with Gasteiger partial charge in [0.25, 0.3) is 0 Å². The number of sulfonamides is 1. The third kappa shape index (κ3) is 2.99. The Morgan fingerprint density at radius 3 is 2.74 bits per heavy atom. The van der Waals surface area contributed by atoms with Crippen molar-refractivity contribution in [2.24, 2.45) is 11.7 Å². The standard InChI is InChI=1S/C14H22N2O2S/c1-11-6-7-16(12(2)8-11)19(17,18)14-5-3-4-13(9-14)10-15/h3-5,9,11-12H,6-8,10,15H2,1-2H3. The molecule has 19 heavy (non-hydrogen) atoms. The number of rotatable bonds is 3. The van der Waals surface area contributed by atoms with Gasteiger partial charge in [0, 0.05) is 19.1 Å². The molecular weight excluding hydrogens is 260 g/mol. The Labute approximate surface area is 115 Å². The average Bonchev–Trinajstić information content (AvgIpc) is 2.38. The van der Waals surface area contributed by atoms with Gasteiger partial charge in [-0.3, -0.25) is 0 Å². The van der Waals surface area contributed by atoms with Gasteiger partial charge in [0.05, 0.1) is 4.90 Å². The lowest BCUT2D eigenvalue weighted by Gasteiger charge is -2.35. The Morgan fingerprint density at radius 1 is 1.37 bits per heavy atom. The molecule has 1 heterocycles. The summed E-state index contributed by atoms with van der Waals surface area (Å²) in [6.45, 7) is 5.13. The molecular formula is C14H22N2O2S. The van der Waals surface area contributed by atoms with Crippen LogP contribution in [-0.4, -0.2) is 25.3 Å². The van der Waals surface area contributed by atoms with Crippen molar-refractivity contribution in [3.63, 3.8) is 0 Å². The lowest BCUT2D eigenvalue weighted by atomic mass is 9.95. The molecule has 4 nitrogen and oxygen atoms in total. The molecule has 1 aromatic carbocycles. The summed E-state index contributed by atoms with van der Waals surface area (Å²) in [6.07, 6.45) is 1.86. The van der Waals surface area contributed by atoms with Gasteiger partial charge in [0.1, 0.15) is 0 Å². The van der Waals surface area contributed by atoms with Gasteiger partial charge >= 0.3 is 0 Å². The highest BCUT2D eigenvalue weighted by molar-refractivity contribution is 7.89. The molecule has 2 atom stereocenters. The van der Waals surface area contributed by atoms with E-state index in [4.69, 9.17) is 5.73 Å². The summed E-state index contributed by atoms with van der Waals surface area (Å²) in [5, 5.41) is 0. The van der Waals surface area contributed by atoms with Crippen molar-refractivity contribution in [3.8, 4) is 0 Å². The van der Waals surface area contributed by atoms with Gasteiger partial charge in [0.2, 0.25) is 10.0 Å². The van der Waals surface area contributed by atoms with Crippen LogP contribution in [0.15, 0.2) is 29.2 Å². The Morgan fingerprint density at radius 2 is 2.11 bits per heavy atom. The monoisotopic (exact) mass is 282 g/mol. The van der Waals surface area contributed by atoms with Gasteiger partial charge in [-0.15, -0.1) is 0 Å². The molecule has 0 amide bonds. The summed E-state index contributed by atoms with van der Waals surface area (Å²) in [7, 11) is -3.39. The molecule has 1 aliphatic rings. The van der Waals surface area contributed by atoms with E-state index >= 15 is 0 Å². The van der Waals surface area contributed by atoms with E-state index in [0.717, 1.165) is 18.4 Å². The van der Waals surface area contributed by atoms with Gasteiger partial charge in [-0.2, -0.15) is 4.31 Å². The maximum Gasteiger partial charge on any atom is 0.243 e. The molecule has 0 aliphatic carbocycles. The molecule has 0 saturated carbocycles. The molecule has 1 aromatic rings. The van der Waals surface area contributed by atoms with Gasteiger partial charge in [-0.05, 0) is 43.4 Å². The zero-order valence-corrected chi connectivity index (χ0v) is 12.4. The first-order valence-electron chi connectivity index (χ1n) is 6.76. The predicted molar refractivity (Wildman–Crippen MR) is 76.1 cm³/mol. The van der Waals surface area contributed by atoms with Crippen LogP contribution >= 0.6 is 0 Å². The number of hydrogen-bond donors (Lipinski definition) is 1. The molecule has 0 aromatic heterocycles. The van der Waals surface area contributed by atoms with Crippen LogP contribution in [0.3, 0.4) is 0 Å². The molecule has 5 heteroatoms. The van der Waals surface area contributed by atoms with E-state index in [-0.39, 0.29) is 6.04 Å². The normalized spacial score (nSPS) is 25.4. The minimum atomic E-state index is -3.39. The second kappa shape index (κ2) is 5.61. The molecule has 0 bridgehead atoms. The largest absolute Gasteiger partial charge is 0.326 e. The number of hydrogen-bond acceptors (Lipinski definition) is 3. The van der Waals surface area contributed by atoms with Crippen LogP contribution in [0, 0.1) is 5.92 Å². The fraction of sp³-hybridized carbons (Fsp3) is 0.571. The summed E-state index contributed by atoms with van der Waals surface area (Å²) in [5.74, 6) is 0.594. The van der Waals surface area contributed by atoms with E-state index in [1.54, 1.807) is 22.5 Å². The van der Waals surface area contributed by atoms with Crippen molar-refractivity contribution in [1.82, 2.24) is 4.31 Å². The van der Waals surface area contributed by atoms with Crippen molar-refractivity contribution < 1.29 is 8.42 Å². The number of nitrogens with two attached hydrogens (primary N) is 1. The maximum absolute atomic E-state index is 12.7. The molecule has 0 radical (unpaired) electrons. The van der Waals surface area contributed by atoms with Crippen LogP contribution in [0.25, 0.3) is 0 Å². The molecule has 106 valence electrons. The summed E-state index contributed by atoms with van der Waals surface area (Å²) >= 11 is 0. The van der Waals surface area contributed by atoms with Gasteiger partial charge in [-0.25, -0.2) is 8.42 Å². The van der Waals surface area contributed by atoms with Gasteiger partial charge in [-0.1, -0.05) is 19.1 Å². The number of nitrogens with zero attached hydrogens (tertiary/aromatic N) is 1. The number of benzene rings is 1. The van der Waals surface area contributed by atoms with Crippen LogP contribution in [0.2, 0.25) is 0 Å². The van der Waals surface area contributed by atoms with E-state index in [0.29, 0.717) is 23.9 Å². The first-order valence-corrected chi connectivity index (χ1v) is 8.20. The number of piperidine rings is 1. The predicted octanol–water partition coefficient (Wildman–Crippen LogP) is 1.95. The Hall–Kier alpha value is -0.910. The van der Waals surface area contributed by atoms with Gasteiger partial charge < -0.3 is 5.73 Å². The minimum Gasteiger partial charge on any atom is -0.326 e. The van der Waals surface area contributed by atoms with E-state index in [9.17, 15) is 8.42 Å². The molecule has 1 saturated heterocycles. The third-order valence-corrected chi connectivity index (χ3v) is 5.83. The highest BCUT2D eigenvalue weighted by atomic mass is 32.2. The zero-order valence-electron chi connectivity index (χ0n) is 11.5. The van der Waals surface area contributed by atoms with Gasteiger partial charge in [0.15, 0.2) is 0 Å². The lowest BCUT2D eigenvalue weighted by Crippen LogP contribution is -2.44. The van der Waals surface area contributed by atoms with Crippen molar-refractivity contribution in [3.05, 3.63) is 29.8 Å². The molecule has 2 N–H and O–H groups in total. The van der Waals surface area contributed by atoms with Crippen molar-refractivity contribution in [2.45, 2.75) is 44.2 Å². The minimum absolute atomic E-state index is 0.0651. The molecule has 0 spiro atoms. The van der Waals surface area contributed by atoms with Crippen molar-refractivity contribution in [1.29, 1.82) is 0 Å². The van der Waals surface area contributed by atoms with E-state index in [1.165, 1.54) is 0 Å². The smallest absolute Gasteiger partial charge is 0.243 e. The van der Waals surface area contributed by atoms with Crippen LogP contribution < -0.4 is 5.73 Å². The Balaban J connectivity index is 2.31. The third-order valence-electron chi connectivity index (χ3n) is 3.82. The van der Waals surface area contributed by atoms with Crippen molar-refractivity contribution >= 4 is 10.0 Å². The first kappa shape index (κ1) is 14.5. The second-order valence-corrected chi connectivity index (χ2v) is 7.34. The fourth-order valence-corrected chi connectivity index (χ4v) is 4.44. The first-order chi connectivity index (χ1) is 8.95. The van der Waals surface area contributed by atoms with E-state index in [1.807, 2.05) is 13.0 Å². The second-order valence-electron chi connectivity index (χ2n) is 5.45. The van der Waals surface area contributed by atoms with E-state index in [2.05, 4.69) is 6.92 Å². The summed E-state index contributed by atoms with van der Waals surface area (Å²) in [6, 6.07) is 7.00. The average molecular weight is 282 g/mol.